The highest BCUT2D eigenvalue weighted by molar-refractivity contribution is 5.27. The summed E-state index contributed by atoms with van der Waals surface area (Å²) >= 11 is 0. The number of aryl methyl sites for hydroxylation is 1. The summed E-state index contributed by atoms with van der Waals surface area (Å²) < 4.78 is 14.1. The molecule has 0 saturated heterocycles. The van der Waals surface area contributed by atoms with Gasteiger partial charge in [-0.3, -0.25) is 0 Å². The molecule has 0 aromatic carbocycles. The van der Waals surface area contributed by atoms with Crippen molar-refractivity contribution in [1.82, 2.24) is 14.8 Å². The van der Waals surface area contributed by atoms with E-state index in [2.05, 4.69) is 10.1 Å². The number of hydrogen-bond donors (Lipinski definition) is 0. The van der Waals surface area contributed by atoms with E-state index >= 15 is 0 Å². The summed E-state index contributed by atoms with van der Waals surface area (Å²) in [7, 11) is 0. The first-order valence-corrected chi connectivity index (χ1v) is 3.89. The number of aromatic nitrogens is 3. The summed E-state index contributed by atoms with van der Waals surface area (Å²) in [5.41, 5.74) is 1.82. The molecule has 0 amide bonds. The minimum Gasteiger partial charge on any atom is -0.239 e. The van der Waals surface area contributed by atoms with Gasteiger partial charge in [0.15, 0.2) is 0 Å². The lowest BCUT2D eigenvalue weighted by Gasteiger charge is -1.98. The second-order valence-electron chi connectivity index (χ2n) is 2.80. The Morgan fingerprint density at radius 3 is 2.69 bits per heavy atom. The summed E-state index contributed by atoms with van der Waals surface area (Å²) in [6, 6.07) is 2.95. The minimum atomic E-state index is -0.479. The van der Waals surface area contributed by atoms with Gasteiger partial charge in [-0.1, -0.05) is 0 Å². The van der Waals surface area contributed by atoms with Crippen molar-refractivity contribution in [2.75, 3.05) is 0 Å². The SMILES string of the molecule is Cc1cnn(-c2ccc(F)nc2)c1. The third-order valence-electron chi connectivity index (χ3n) is 1.69. The number of nitrogens with zero attached hydrogens (tertiary/aromatic N) is 3. The molecule has 66 valence electrons. The van der Waals surface area contributed by atoms with Crippen LogP contribution in [0.25, 0.3) is 5.69 Å². The molecule has 0 aliphatic carbocycles. The van der Waals surface area contributed by atoms with Gasteiger partial charge >= 0.3 is 0 Å². The number of halogens is 1. The number of hydrogen-bond acceptors (Lipinski definition) is 2. The summed E-state index contributed by atoms with van der Waals surface area (Å²) in [5.74, 6) is -0.479. The Kier molecular flexibility index (Phi) is 1.81. The first kappa shape index (κ1) is 7.91. The van der Waals surface area contributed by atoms with Crippen molar-refractivity contribution in [3.63, 3.8) is 0 Å². The molecule has 2 rings (SSSR count). The van der Waals surface area contributed by atoms with Crippen molar-refractivity contribution in [3.05, 3.63) is 42.2 Å². The van der Waals surface area contributed by atoms with E-state index in [0.717, 1.165) is 11.3 Å². The van der Waals surface area contributed by atoms with Gasteiger partial charge in [-0.25, -0.2) is 9.67 Å². The molecule has 2 aromatic heterocycles. The molecule has 0 N–H and O–H groups in total. The van der Waals surface area contributed by atoms with Crippen molar-refractivity contribution in [2.24, 2.45) is 0 Å². The molecular weight excluding hydrogens is 169 g/mol. The lowest BCUT2D eigenvalue weighted by Crippen LogP contribution is -1.95. The molecule has 0 aliphatic heterocycles. The molecule has 0 fully saturated rings. The van der Waals surface area contributed by atoms with Gasteiger partial charge in [-0.2, -0.15) is 9.49 Å². The van der Waals surface area contributed by atoms with Gasteiger partial charge in [0.05, 0.1) is 18.1 Å². The Hall–Kier alpha value is -1.71. The van der Waals surface area contributed by atoms with Crippen LogP contribution in [0.15, 0.2) is 30.7 Å². The molecule has 0 saturated carbocycles. The van der Waals surface area contributed by atoms with Crippen molar-refractivity contribution < 1.29 is 4.39 Å². The van der Waals surface area contributed by atoms with Crippen molar-refractivity contribution in [3.8, 4) is 5.69 Å². The van der Waals surface area contributed by atoms with Crippen LogP contribution in [0, 0.1) is 12.9 Å². The Labute approximate surface area is 74.8 Å². The minimum absolute atomic E-state index is 0.479. The van der Waals surface area contributed by atoms with Crippen molar-refractivity contribution >= 4 is 0 Å². The molecular formula is C9H8FN3. The highest BCUT2D eigenvalue weighted by atomic mass is 19.1. The van der Waals surface area contributed by atoms with Gasteiger partial charge in [0, 0.05) is 6.20 Å². The van der Waals surface area contributed by atoms with Gasteiger partial charge < -0.3 is 0 Å². The molecule has 0 spiro atoms. The molecule has 0 radical (unpaired) electrons. The smallest absolute Gasteiger partial charge is 0.212 e. The van der Waals surface area contributed by atoms with Crippen LogP contribution in [0.1, 0.15) is 5.56 Å². The molecule has 13 heavy (non-hydrogen) atoms. The maximum Gasteiger partial charge on any atom is 0.212 e. The predicted octanol–water partition coefficient (Wildman–Crippen LogP) is 1.71. The Morgan fingerprint density at radius 2 is 2.15 bits per heavy atom. The molecule has 0 atom stereocenters. The monoisotopic (exact) mass is 177 g/mol. The highest BCUT2D eigenvalue weighted by Crippen LogP contribution is 2.06. The zero-order valence-corrected chi connectivity index (χ0v) is 7.11. The Morgan fingerprint density at radius 1 is 1.31 bits per heavy atom. The predicted molar refractivity (Wildman–Crippen MR) is 46.1 cm³/mol. The quantitative estimate of drug-likeness (QED) is 0.621. The van der Waals surface area contributed by atoms with Crippen LogP contribution in [0.2, 0.25) is 0 Å². The summed E-state index contributed by atoms with van der Waals surface area (Å²) in [4.78, 5) is 3.54. The number of pyridine rings is 1. The van der Waals surface area contributed by atoms with Crippen LogP contribution in [-0.4, -0.2) is 14.8 Å². The van der Waals surface area contributed by atoms with Gasteiger partial charge in [0.1, 0.15) is 0 Å². The van der Waals surface area contributed by atoms with Crippen LogP contribution >= 0.6 is 0 Å². The molecule has 4 heteroatoms. The molecule has 0 bridgehead atoms. The lowest BCUT2D eigenvalue weighted by molar-refractivity contribution is 0.582. The van der Waals surface area contributed by atoms with Crippen LogP contribution in [0.4, 0.5) is 4.39 Å². The molecule has 2 aromatic rings. The zero-order chi connectivity index (χ0) is 9.26. The maximum absolute atomic E-state index is 12.5. The maximum atomic E-state index is 12.5. The first-order valence-electron chi connectivity index (χ1n) is 3.89. The topological polar surface area (TPSA) is 30.7 Å². The third kappa shape index (κ3) is 1.56. The molecule has 2 heterocycles. The first-order chi connectivity index (χ1) is 6.25. The highest BCUT2D eigenvalue weighted by Gasteiger charge is 1.98. The molecule has 0 aliphatic rings. The van der Waals surface area contributed by atoms with Gasteiger partial charge in [-0.15, -0.1) is 0 Å². The van der Waals surface area contributed by atoms with Gasteiger partial charge in [0.2, 0.25) is 5.95 Å². The van der Waals surface area contributed by atoms with Crippen LogP contribution in [0.5, 0.6) is 0 Å². The van der Waals surface area contributed by atoms with Crippen LogP contribution in [0.3, 0.4) is 0 Å². The second kappa shape index (κ2) is 2.97. The second-order valence-corrected chi connectivity index (χ2v) is 2.80. The fraction of sp³-hybridized carbons (Fsp3) is 0.111. The normalized spacial score (nSPS) is 10.3. The zero-order valence-electron chi connectivity index (χ0n) is 7.11. The van der Waals surface area contributed by atoms with Gasteiger partial charge in [0.25, 0.3) is 0 Å². The van der Waals surface area contributed by atoms with E-state index in [1.54, 1.807) is 16.9 Å². The Balaban J connectivity index is 2.41. The average Bonchev–Trinajstić information content (AvgIpc) is 2.53. The lowest BCUT2D eigenvalue weighted by atomic mass is 10.4. The third-order valence-corrected chi connectivity index (χ3v) is 1.69. The van der Waals surface area contributed by atoms with E-state index < -0.39 is 5.95 Å². The largest absolute Gasteiger partial charge is 0.239 e. The van der Waals surface area contributed by atoms with Crippen molar-refractivity contribution in [2.45, 2.75) is 6.92 Å². The van der Waals surface area contributed by atoms with E-state index in [4.69, 9.17) is 0 Å². The van der Waals surface area contributed by atoms with Crippen LogP contribution < -0.4 is 0 Å². The van der Waals surface area contributed by atoms with E-state index in [-0.39, 0.29) is 0 Å². The standard InChI is InChI=1S/C9H8FN3/c1-7-4-12-13(6-7)8-2-3-9(10)11-5-8/h2-6H,1H3. The summed E-state index contributed by atoms with van der Waals surface area (Å²) in [6.45, 7) is 1.94. The van der Waals surface area contributed by atoms with E-state index in [1.165, 1.54) is 12.3 Å². The van der Waals surface area contributed by atoms with E-state index in [1.807, 2.05) is 13.1 Å². The number of rotatable bonds is 1. The summed E-state index contributed by atoms with van der Waals surface area (Å²) in [5, 5.41) is 4.07. The molecule has 0 unspecified atom stereocenters. The molecule has 3 nitrogen and oxygen atoms in total. The van der Waals surface area contributed by atoms with E-state index in [0.29, 0.717) is 0 Å². The van der Waals surface area contributed by atoms with Crippen molar-refractivity contribution in [1.29, 1.82) is 0 Å². The fourth-order valence-corrected chi connectivity index (χ4v) is 1.06. The summed E-state index contributed by atoms with van der Waals surface area (Å²) in [6.07, 6.45) is 5.04. The van der Waals surface area contributed by atoms with Gasteiger partial charge in [-0.05, 0) is 24.6 Å². The average molecular weight is 177 g/mol. The Bertz CT molecular complexity index is 405. The van der Waals surface area contributed by atoms with E-state index in [9.17, 15) is 4.39 Å². The van der Waals surface area contributed by atoms with Crippen LogP contribution in [-0.2, 0) is 0 Å². The fourth-order valence-electron chi connectivity index (χ4n) is 1.06.